The summed E-state index contributed by atoms with van der Waals surface area (Å²) in [5, 5.41) is 12.5. The molecule has 208 valence electrons. The van der Waals surface area contributed by atoms with Gasteiger partial charge in [-0.25, -0.2) is 0 Å². The third-order valence-electron chi connectivity index (χ3n) is 9.63. The number of hydrogen-bond donors (Lipinski definition) is 0. The lowest BCUT2D eigenvalue weighted by Gasteiger charge is -2.24. The first kappa shape index (κ1) is 24.5. The van der Waals surface area contributed by atoms with E-state index < -0.39 is 0 Å². The molecule has 9 aromatic carbocycles. The van der Waals surface area contributed by atoms with E-state index in [0.717, 1.165) is 17.1 Å². The van der Waals surface area contributed by atoms with E-state index in [1.54, 1.807) is 0 Å². The van der Waals surface area contributed by atoms with E-state index in [1.807, 2.05) is 6.07 Å². The lowest BCUT2D eigenvalue weighted by atomic mass is 9.81. The molecule has 0 amide bonds. The molecule has 1 heterocycles. The molecule has 9 aromatic rings. The molecule has 0 unspecified atom stereocenters. The monoisotopic (exact) mass is 570 g/mol. The van der Waals surface area contributed by atoms with Crippen molar-refractivity contribution in [3.63, 3.8) is 0 Å². The van der Waals surface area contributed by atoms with E-state index in [-0.39, 0.29) is 0 Å². The predicted molar refractivity (Wildman–Crippen MR) is 190 cm³/mol. The normalized spacial score (nSPS) is 12.2. The largest absolute Gasteiger partial charge is 0.456 e. The van der Waals surface area contributed by atoms with Crippen molar-refractivity contribution in [3.8, 4) is 44.9 Å². The standard InChI is InChI=1S/C44H26O/c1-2-13-29(14-3-1)40-36-23-21-28-12-5-7-16-31(28)43(36)44(37-24-22-27-11-4-6-15-30(27)42(37)40)35-25-26-39-41-33(18-10-19-34(35)41)32-17-8-9-20-38(32)45-39/h1-26H. The molecule has 0 spiro atoms. The molecule has 0 atom stereocenters. The summed E-state index contributed by atoms with van der Waals surface area (Å²) < 4.78 is 6.52. The molecule has 0 aliphatic carbocycles. The van der Waals surface area contributed by atoms with Gasteiger partial charge in [-0.3, -0.25) is 0 Å². The molecule has 1 nitrogen and oxygen atoms in total. The molecule has 0 N–H and O–H groups in total. The summed E-state index contributed by atoms with van der Waals surface area (Å²) in [6, 6.07) is 57.3. The van der Waals surface area contributed by atoms with Gasteiger partial charge in [0.05, 0.1) is 0 Å². The fraction of sp³-hybridized carbons (Fsp3) is 0. The van der Waals surface area contributed by atoms with Crippen molar-refractivity contribution < 1.29 is 4.74 Å². The number of fused-ring (bicyclic) bond motifs is 8. The summed E-state index contributed by atoms with van der Waals surface area (Å²) in [5.41, 5.74) is 7.36. The summed E-state index contributed by atoms with van der Waals surface area (Å²) in [6.45, 7) is 0. The molecule has 0 fully saturated rings. The van der Waals surface area contributed by atoms with Crippen LogP contribution in [0.3, 0.4) is 0 Å². The van der Waals surface area contributed by atoms with E-state index in [9.17, 15) is 0 Å². The van der Waals surface area contributed by atoms with Crippen LogP contribution in [0.25, 0.3) is 87.2 Å². The molecule has 10 rings (SSSR count). The van der Waals surface area contributed by atoms with Gasteiger partial charge in [0.25, 0.3) is 0 Å². The van der Waals surface area contributed by atoms with Crippen LogP contribution >= 0.6 is 0 Å². The maximum Gasteiger partial charge on any atom is 0.135 e. The number of benzene rings is 9. The van der Waals surface area contributed by atoms with E-state index in [4.69, 9.17) is 4.74 Å². The Kier molecular flexibility index (Phi) is 5.06. The number of para-hydroxylation sites is 1. The second-order valence-electron chi connectivity index (χ2n) is 12.0. The Bertz CT molecular complexity index is 2670. The molecule has 1 aliphatic rings. The first-order chi connectivity index (χ1) is 22.3. The fourth-order valence-electron chi connectivity index (χ4n) is 7.75. The van der Waals surface area contributed by atoms with Crippen LogP contribution < -0.4 is 4.74 Å². The Morgan fingerprint density at radius 2 is 0.889 bits per heavy atom. The Hall–Kier alpha value is -5.92. The van der Waals surface area contributed by atoms with Gasteiger partial charge in [0.1, 0.15) is 11.5 Å². The molecule has 0 radical (unpaired) electrons. The van der Waals surface area contributed by atoms with Crippen LogP contribution in [0.15, 0.2) is 158 Å². The first-order valence-corrected chi connectivity index (χ1v) is 15.5. The Labute approximate surface area is 260 Å². The third-order valence-corrected chi connectivity index (χ3v) is 9.63. The number of hydrogen-bond acceptors (Lipinski definition) is 1. The van der Waals surface area contributed by atoms with Crippen molar-refractivity contribution in [1.82, 2.24) is 0 Å². The molecule has 1 heteroatoms. The Balaban J connectivity index is 1.46. The smallest absolute Gasteiger partial charge is 0.135 e. The van der Waals surface area contributed by atoms with E-state index in [2.05, 4.69) is 152 Å². The van der Waals surface area contributed by atoms with Gasteiger partial charge in [-0.1, -0.05) is 140 Å². The van der Waals surface area contributed by atoms with Crippen LogP contribution in [-0.4, -0.2) is 0 Å². The molecule has 0 aromatic heterocycles. The van der Waals surface area contributed by atoms with Gasteiger partial charge in [0.15, 0.2) is 0 Å². The van der Waals surface area contributed by atoms with Gasteiger partial charge < -0.3 is 4.74 Å². The lowest BCUT2D eigenvalue weighted by Crippen LogP contribution is -1.98. The highest BCUT2D eigenvalue weighted by molar-refractivity contribution is 6.33. The molecule has 0 bridgehead atoms. The van der Waals surface area contributed by atoms with Crippen molar-refractivity contribution in [3.05, 3.63) is 158 Å². The minimum Gasteiger partial charge on any atom is -0.456 e. The third kappa shape index (κ3) is 3.44. The van der Waals surface area contributed by atoms with Gasteiger partial charge in [-0.2, -0.15) is 0 Å². The maximum atomic E-state index is 6.52. The highest BCUT2D eigenvalue weighted by atomic mass is 16.5. The van der Waals surface area contributed by atoms with Crippen LogP contribution in [0, 0.1) is 0 Å². The SMILES string of the molecule is c1ccc(-c2c3ccc4ccccc4c3c(-c3ccc4c5c(cccc35)-c3ccccc3O4)c3ccc4ccccc4c23)cc1. The van der Waals surface area contributed by atoms with Gasteiger partial charge in [-0.05, 0) is 94.5 Å². The lowest BCUT2D eigenvalue weighted by molar-refractivity contribution is 0.487. The van der Waals surface area contributed by atoms with Gasteiger partial charge >= 0.3 is 0 Å². The Morgan fingerprint density at radius 1 is 0.289 bits per heavy atom. The van der Waals surface area contributed by atoms with Crippen LogP contribution in [-0.2, 0) is 0 Å². The van der Waals surface area contributed by atoms with Crippen molar-refractivity contribution >= 4 is 53.9 Å². The Morgan fingerprint density at radius 3 is 1.67 bits per heavy atom. The summed E-state index contributed by atoms with van der Waals surface area (Å²) >= 11 is 0. The topological polar surface area (TPSA) is 9.23 Å². The average molecular weight is 571 g/mol. The van der Waals surface area contributed by atoms with E-state index in [1.165, 1.54) is 81.7 Å². The highest BCUT2D eigenvalue weighted by Gasteiger charge is 2.25. The van der Waals surface area contributed by atoms with Crippen LogP contribution in [0.2, 0.25) is 0 Å². The highest BCUT2D eigenvalue weighted by Crippen LogP contribution is 2.53. The predicted octanol–water partition coefficient (Wildman–Crippen LogP) is 12.6. The summed E-state index contributed by atoms with van der Waals surface area (Å²) in [6.07, 6.45) is 0. The van der Waals surface area contributed by atoms with Crippen molar-refractivity contribution in [2.75, 3.05) is 0 Å². The van der Waals surface area contributed by atoms with Gasteiger partial charge in [0, 0.05) is 10.9 Å². The van der Waals surface area contributed by atoms with Crippen LogP contribution in [0.5, 0.6) is 11.5 Å². The second-order valence-corrected chi connectivity index (χ2v) is 12.0. The quantitative estimate of drug-likeness (QED) is 0.148. The zero-order valence-electron chi connectivity index (χ0n) is 24.4. The van der Waals surface area contributed by atoms with E-state index >= 15 is 0 Å². The summed E-state index contributed by atoms with van der Waals surface area (Å²) in [7, 11) is 0. The van der Waals surface area contributed by atoms with Crippen LogP contribution in [0.1, 0.15) is 0 Å². The zero-order valence-corrected chi connectivity index (χ0v) is 24.4. The average Bonchev–Trinajstić information content (AvgIpc) is 3.11. The van der Waals surface area contributed by atoms with E-state index in [0.29, 0.717) is 0 Å². The van der Waals surface area contributed by atoms with Crippen molar-refractivity contribution in [1.29, 1.82) is 0 Å². The summed E-state index contributed by atoms with van der Waals surface area (Å²) in [5.74, 6) is 1.82. The molecule has 1 aliphatic heterocycles. The first-order valence-electron chi connectivity index (χ1n) is 15.5. The fourth-order valence-corrected chi connectivity index (χ4v) is 7.75. The second kappa shape index (κ2) is 9.29. The van der Waals surface area contributed by atoms with Crippen molar-refractivity contribution in [2.45, 2.75) is 0 Å². The molecule has 0 saturated heterocycles. The molecule has 0 saturated carbocycles. The summed E-state index contributed by atoms with van der Waals surface area (Å²) in [4.78, 5) is 0. The number of ether oxygens (including phenoxy) is 1. The molecular weight excluding hydrogens is 544 g/mol. The minimum atomic E-state index is 0.908. The van der Waals surface area contributed by atoms with Crippen molar-refractivity contribution in [2.24, 2.45) is 0 Å². The zero-order chi connectivity index (χ0) is 29.5. The van der Waals surface area contributed by atoms with Gasteiger partial charge in [0.2, 0.25) is 0 Å². The van der Waals surface area contributed by atoms with Gasteiger partial charge in [-0.15, -0.1) is 0 Å². The maximum absolute atomic E-state index is 6.52. The minimum absolute atomic E-state index is 0.908. The molecule has 45 heavy (non-hydrogen) atoms. The van der Waals surface area contributed by atoms with Crippen LogP contribution in [0.4, 0.5) is 0 Å². The molecular formula is C44H26O. The number of rotatable bonds is 2.